The smallest absolute Gasteiger partial charge is 0.0825 e. The minimum Gasteiger partial charge on any atom is -0.390 e. The number of nitrogens with zero attached hydrogens (tertiary/aromatic N) is 2. The minimum atomic E-state index is -0.443. The van der Waals surface area contributed by atoms with Gasteiger partial charge in [0.2, 0.25) is 0 Å². The molecule has 0 amide bonds. The maximum atomic E-state index is 9.55. The SMILES string of the molecule is NC[C@H](O)CN1CCN(c2cccc(Cl)c2Cl)CC1. The highest BCUT2D eigenvalue weighted by Crippen LogP contribution is 2.32. The van der Waals surface area contributed by atoms with Gasteiger partial charge in [-0.3, -0.25) is 4.90 Å². The molecule has 106 valence electrons. The highest BCUT2D eigenvalue weighted by molar-refractivity contribution is 6.43. The van der Waals surface area contributed by atoms with Crippen LogP contribution in [0.4, 0.5) is 5.69 Å². The van der Waals surface area contributed by atoms with Crippen molar-refractivity contribution < 1.29 is 5.11 Å². The van der Waals surface area contributed by atoms with Crippen LogP contribution in [-0.2, 0) is 0 Å². The molecule has 3 N–H and O–H groups in total. The quantitative estimate of drug-likeness (QED) is 0.884. The zero-order chi connectivity index (χ0) is 13.8. The van der Waals surface area contributed by atoms with Crippen LogP contribution in [0.1, 0.15) is 0 Å². The van der Waals surface area contributed by atoms with Crippen molar-refractivity contribution in [1.82, 2.24) is 4.90 Å². The number of aliphatic hydroxyl groups is 1. The molecule has 0 unspecified atom stereocenters. The van der Waals surface area contributed by atoms with Gasteiger partial charge >= 0.3 is 0 Å². The highest BCUT2D eigenvalue weighted by atomic mass is 35.5. The summed E-state index contributed by atoms with van der Waals surface area (Å²) in [5.74, 6) is 0. The summed E-state index contributed by atoms with van der Waals surface area (Å²) in [6, 6.07) is 5.69. The third kappa shape index (κ3) is 3.74. The number of aliphatic hydroxyl groups excluding tert-OH is 1. The van der Waals surface area contributed by atoms with E-state index >= 15 is 0 Å². The molecule has 2 rings (SSSR count). The van der Waals surface area contributed by atoms with Crippen molar-refractivity contribution in [3.8, 4) is 0 Å². The first-order valence-corrected chi connectivity index (χ1v) is 7.17. The van der Waals surface area contributed by atoms with Crippen LogP contribution < -0.4 is 10.6 Å². The van der Waals surface area contributed by atoms with Crippen molar-refractivity contribution in [2.45, 2.75) is 6.10 Å². The van der Waals surface area contributed by atoms with Crippen molar-refractivity contribution in [3.05, 3.63) is 28.2 Å². The van der Waals surface area contributed by atoms with E-state index in [1.165, 1.54) is 0 Å². The van der Waals surface area contributed by atoms with Crippen LogP contribution in [-0.4, -0.2) is 55.4 Å². The summed E-state index contributed by atoms with van der Waals surface area (Å²) >= 11 is 12.3. The summed E-state index contributed by atoms with van der Waals surface area (Å²) in [5.41, 5.74) is 6.40. The van der Waals surface area contributed by atoms with Crippen molar-refractivity contribution in [2.75, 3.05) is 44.2 Å². The van der Waals surface area contributed by atoms with Crippen LogP contribution in [0.5, 0.6) is 0 Å². The summed E-state index contributed by atoms with van der Waals surface area (Å²) in [5, 5.41) is 10.7. The lowest BCUT2D eigenvalue weighted by Gasteiger charge is -2.37. The molecule has 0 aromatic heterocycles. The highest BCUT2D eigenvalue weighted by Gasteiger charge is 2.20. The Kier molecular flexibility index (Phi) is 5.30. The first-order valence-electron chi connectivity index (χ1n) is 6.41. The number of benzene rings is 1. The second kappa shape index (κ2) is 6.77. The Morgan fingerprint density at radius 1 is 1.21 bits per heavy atom. The fourth-order valence-electron chi connectivity index (χ4n) is 2.28. The molecule has 19 heavy (non-hydrogen) atoms. The van der Waals surface area contributed by atoms with E-state index in [2.05, 4.69) is 9.80 Å². The van der Waals surface area contributed by atoms with Crippen LogP contribution in [0, 0.1) is 0 Å². The Morgan fingerprint density at radius 2 is 1.89 bits per heavy atom. The van der Waals surface area contributed by atoms with E-state index in [4.69, 9.17) is 28.9 Å². The third-order valence-electron chi connectivity index (χ3n) is 3.39. The monoisotopic (exact) mass is 303 g/mol. The predicted octanol–water partition coefficient (Wildman–Crippen LogP) is 1.44. The van der Waals surface area contributed by atoms with Gasteiger partial charge in [0.1, 0.15) is 0 Å². The van der Waals surface area contributed by atoms with Crippen LogP contribution in [0.15, 0.2) is 18.2 Å². The number of piperazine rings is 1. The van der Waals surface area contributed by atoms with Gasteiger partial charge in [-0.2, -0.15) is 0 Å². The molecule has 6 heteroatoms. The van der Waals surface area contributed by atoms with E-state index < -0.39 is 6.10 Å². The fraction of sp³-hybridized carbons (Fsp3) is 0.538. The molecular formula is C13H19Cl2N3O. The topological polar surface area (TPSA) is 52.7 Å². The van der Waals surface area contributed by atoms with Gasteiger partial charge in [0.15, 0.2) is 0 Å². The largest absolute Gasteiger partial charge is 0.390 e. The van der Waals surface area contributed by atoms with E-state index in [-0.39, 0.29) is 0 Å². The van der Waals surface area contributed by atoms with Crippen molar-refractivity contribution >= 4 is 28.9 Å². The minimum absolute atomic E-state index is 0.306. The average molecular weight is 304 g/mol. The molecule has 0 saturated carbocycles. The number of nitrogens with two attached hydrogens (primary N) is 1. The standard InChI is InChI=1S/C13H19Cl2N3O/c14-11-2-1-3-12(13(11)15)18-6-4-17(5-7-18)9-10(19)8-16/h1-3,10,19H,4-9,16H2/t10-/m0/s1. The van der Waals surface area contributed by atoms with E-state index in [0.717, 1.165) is 31.9 Å². The normalized spacial score (nSPS) is 18.6. The molecule has 1 atom stereocenters. The third-order valence-corrected chi connectivity index (χ3v) is 4.19. The van der Waals surface area contributed by atoms with E-state index in [1.807, 2.05) is 12.1 Å². The van der Waals surface area contributed by atoms with Crippen LogP contribution in [0.25, 0.3) is 0 Å². The summed E-state index contributed by atoms with van der Waals surface area (Å²) in [6.07, 6.45) is -0.443. The number of hydrogen-bond acceptors (Lipinski definition) is 4. The van der Waals surface area contributed by atoms with E-state index in [0.29, 0.717) is 23.1 Å². The van der Waals surface area contributed by atoms with E-state index in [1.54, 1.807) is 6.07 Å². The molecule has 0 aliphatic carbocycles. The Bertz CT molecular complexity index is 422. The van der Waals surface area contributed by atoms with Gasteiger partial charge in [0, 0.05) is 39.3 Å². The Labute approximate surface area is 123 Å². The fourth-order valence-corrected chi connectivity index (χ4v) is 2.70. The van der Waals surface area contributed by atoms with Crippen molar-refractivity contribution in [2.24, 2.45) is 5.73 Å². The molecule has 0 radical (unpaired) electrons. The van der Waals surface area contributed by atoms with Gasteiger partial charge in [0.25, 0.3) is 0 Å². The molecule has 1 aliphatic rings. The van der Waals surface area contributed by atoms with Gasteiger partial charge in [-0.1, -0.05) is 29.3 Å². The van der Waals surface area contributed by atoms with Gasteiger partial charge in [-0.25, -0.2) is 0 Å². The van der Waals surface area contributed by atoms with Gasteiger partial charge in [-0.15, -0.1) is 0 Å². The first-order chi connectivity index (χ1) is 9.11. The second-order valence-corrected chi connectivity index (χ2v) is 5.54. The Balaban J connectivity index is 1.94. The van der Waals surface area contributed by atoms with Crippen molar-refractivity contribution in [1.29, 1.82) is 0 Å². The lowest BCUT2D eigenvalue weighted by Crippen LogP contribution is -2.49. The number of anilines is 1. The lowest BCUT2D eigenvalue weighted by atomic mass is 10.2. The molecule has 4 nitrogen and oxygen atoms in total. The van der Waals surface area contributed by atoms with E-state index in [9.17, 15) is 5.11 Å². The number of halogens is 2. The number of β-amino-alcohol motifs (C(OH)–C–C–N with tert-alkyl or cyclic N) is 1. The molecule has 1 aromatic carbocycles. The summed E-state index contributed by atoms with van der Waals surface area (Å²) in [4.78, 5) is 4.44. The molecule has 1 saturated heterocycles. The summed E-state index contributed by atoms with van der Waals surface area (Å²) < 4.78 is 0. The molecule has 0 spiro atoms. The summed E-state index contributed by atoms with van der Waals surface area (Å²) in [7, 11) is 0. The average Bonchev–Trinajstić information content (AvgIpc) is 2.43. The van der Waals surface area contributed by atoms with Gasteiger partial charge in [-0.05, 0) is 12.1 Å². The maximum absolute atomic E-state index is 9.55. The molecule has 1 fully saturated rings. The van der Waals surface area contributed by atoms with Gasteiger partial charge < -0.3 is 15.7 Å². The lowest BCUT2D eigenvalue weighted by molar-refractivity contribution is 0.115. The zero-order valence-electron chi connectivity index (χ0n) is 10.7. The second-order valence-electron chi connectivity index (χ2n) is 4.75. The molecular weight excluding hydrogens is 285 g/mol. The Morgan fingerprint density at radius 3 is 2.53 bits per heavy atom. The molecule has 1 heterocycles. The van der Waals surface area contributed by atoms with Crippen LogP contribution in [0.3, 0.4) is 0 Å². The van der Waals surface area contributed by atoms with Crippen molar-refractivity contribution in [3.63, 3.8) is 0 Å². The predicted molar refractivity (Wildman–Crippen MR) is 80.2 cm³/mol. The van der Waals surface area contributed by atoms with Crippen LogP contribution in [0.2, 0.25) is 10.0 Å². The van der Waals surface area contributed by atoms with Gasteiger partial charge in [0.05, 0.1) is 21.8 Å². The summed E-state index contributed by atoms with van der Waals surface area (Å²) in [6.45, 7) is 4.46. The van der Waals surface area contributed by atoms with Crippen LogP contribution >= 0.6 is 23.2 Å². The number of hydrogen-bond donors (Lipinski definition) is 2. The maximum Gasteiger partial charge on any atom is 0.0825 e. The Hall–Kier alpha value is -0.520. The molecule has 0 bridgehead atoms. The molecule has 1 aromatic rings. The first kappa shape index (κ1) is 14.9. The molecule has 1 aliphatic heterocycles. The number of rotatable bonds is 4. The zero-order valence-corrected chi connectivity index (χ0v) is 12.2.